The molecule has 2 rings (SSSR count). The first kappa shape index (κ1) is 12.4. The summed E-state index contributed by atoms with van der Waals surface area (Å²) >= 11 is 6.12. The van der Waals surface area contributed by atoms with Gasteiger partial charge in [0.1, 0.15) is 16.9 Å². The summed E-state index contributed by atoms with van der Waals surface area (Å²) in [6.45, 7) is 4.43. The highest BCUT2D eigenvalue weighted by atomic mass is 35.5. The van der Waals surface area contributed by atoms with Crippen LogP contribution in [0.2, 0.25) is 5.02 Å². The topological polar surface area (TPSA) is 35.5 Å². The standard InChI is InChI=1S/C13H15ClO3/c1-8-4-12(16-3)11(14)5-10(8)13(9(2)15)6-17-7-13/h4-5H,6-7H2,1-3H3. The van der Waals surface area contributed by atoms with E-state index in [1.165, 1.54) is 0 Å². The van der Waals surface area contributed by atoms with Crippen molar-refractivity contribution >= 4 is 17.4 Å². The van der Waals surface area contributed by atoms with Crippen molar-refractivity contribution in [1.82, 2.24) is 0 Å². The number of aryl methyl sites for hydroxylation is 1. The molecule has 0 unspecified atom stereocenters. The van der Waals surface area contributed by atoms with Crippen molar-refractivity contribution in [1.29, 1.82) is 0 Å². The summed E-state index contributed by atoms with van der Waals surface area (Å²) < 4.78 is 10.4. The van der Waals surface area contributed by atoms with Gasteiger partial charge in [0.05, 0.1) is 25.3 Å². The van der Waals surface area contributed by atoms with E-state index in [0.717, 1.165) is 11.1 Å². The fraction of sp³-hybridized carbons (Fsp3) is 0.462. The molecule has 0 N–H and O–H groups in total. The molecule has 0 radical (unpaired) electrons. The maximum absolute atomic E-state index is 11.8. The summed E-state index contributed by atoms with van der Waals surface area (Å²) in [6, 6.07) is 3.68. The van der Waals surface area contributed by atoms with E-state index in [4.69, 9.17) is 21.1 Å². The predicted molar refractivity (Wildman–Crippen MR) is 65.9 cm³/mol. The fourth-order valence-electron chi connectivity index (χ4n) is 2.18. The average Bonchev–Trinajstić information content (AvgIpc) is 2.20. The van der Waals surface area contributed by atoms with E-state index in [2.05, 4.69) is 0 Å². The molecule has 1 saturated heterocycles. The van der Waals surface area contributed by atoms with E-state index in [-0.39, 0.29) is 5.78 Å². The Morgan fingerprint density at radius 2 is 2.12 bits per heavy atom. The molecular weight excluding hydrogens is 240 g/mol. The van der Waals surface area contributed by atoms with Gasteiger partial charge >= 0.3 is 0 Å². The number of hydrogen-bond acceptors (Lipinski definition) is 3. The van der Waals surface area contributed by atoms with Crippen LogP contribution in [0.4, 0.5) is 0 Å². The van der Waals surface area contributed by atoms with E-state index in [0.29, 0.717) is 24.0 Å². The van der Waals surface area contributed by atoms with Crippen molar-refractivity contribution in [3.05, 3.63) is 28.3 Å². The van der Waals surface area contributed by atoms with Gasteiger partial charge < -0.3 is 9.47 Å². The summed E-state index contributed by atoms with van der Waals surface area (Å²) in [5.74, 6) is 0.750. The van der Waals surface area contributed by atoms with Crippen LogP contribution in [0.5, 0.6) is 5.75 Å². The van der Waals surface area contributed by atoms with E-state index in [1.807, 2.05) is 19.1 Å². The van der Waals surface area contributed by atoms with E-state index < -0.39 is 5.41 Å². The van der Waals surface area contributed by atoms with Crippen LogP contribution in [0, 0.1) is 6.92 Å². The first-order valence-electron chi connectivity index (χ1n) is 5.44. The molecule has 3 nitrogen and oxygen atoms in total. The number of methoxy groups -OCH3 is 1. The number of ether oxygens (including phenoxy) is 2. The first-order valence-corrected chi connectivity index (χ1v) is 5.82. The average molecular weight is 255 g/mol. The normalized spacial score (nSPS) is 17.4. The van der Waals surface area contributed by atoms with E-state index in [9.17, 15) is 4.79 Å². The molecule has 1 fully saturated rings. The molecule has 1 aliphatic rings. The first-order chi connectivity index (χ1) is 8.01. The summed E-state index contributed by atoms with van der Waals surface area (Å²) in [7, 11) is 1.58. The lowest BCUT2D eigenvalue weighted by molar-refractivity contribution is -0.140. The predicted octanol–water partition coefficient (Wildman–Crippen LogP) is 2.51. The maximum atomic E-state index is 11.8. The highest BCUT2D eigenvalue weighted by Gasteiger charge is 2.46. The molecule has 4 heteroatoms. The molecule has 0 bridgehead atoms. The van der Waals surface area contributed by atoms with Gasteiger partial charge in [-0.1, -0.05) is 11.6 Å². The van der Waals surface area contributed by atoms with E-state index >= 15 is 0 Å². The molecule has 0 amide bonds. The van der Waals surface area contributed by atoms with Gasteiger partial charge in [-0.2, -0.15) is 0 Å². The van der Waals surface area contributed by atoms with Crippen LogP contribution in [0.25, 0.3) is 0 Å². The molecule has 0 aromatic heterocycles. The number of carbonyl (C=O) groups excluding carboxylic acids is 1. The second kappa shape index (κ2) is 4.31. The van der Waals surface area contributed by atoms with Crippen molar-refractivity contribution in [3.63, 3.8) is 0 Å². The molecule has 0 atom stereocenters. The number of halogens is 1. The largest absolute Gasteiger partial charge is 0.495 e. The van der Waals surface area contributed by atoms with Gasteiger partial charge in [0.2, 0.25) is 0 Å². The number of Topliss-reactive ketones (excluding diaryl/α,β-unsaturated/α-hetero) is 1. The van der Waals surface area contributed by atoms with Crippen molar-refractivity contribution < 1.29 is 14.3 Å². The van der Waals surface area contributed by atoms with Crippen molar-refractivity contribution in [2.45, 2.75) is 19.3 Å². The van der Waals surface area contributed by atoms with Crippen LogP contribution < -0.4 is 4.74 Å². The number of ketones is 1. The minimum atomic E-state index is -0.514. The van der Waals surface area contributed by atoms with Crippen LogP contribution in [-0.2, 0) is 14.9 Å². The fourth-order valence-corrected chi connectivity index (χ4v) is 2.42. The Labute approximate surface area is 106 Å². The van der Waals surface area contributed by atoms with Crippen molar-refractivity contribution in [3.8, 4) is 5.75 Å². The number of hydrogen-bond donors (Lipinski definition) is 0. The van der Waals surface area contributed by atoms with E-state index in [1.54, 1.807) is 14.0 Å². The molecule has 0 spiro atoms. The maximum Gasteiger partial charge on any atom is 0.145 e. The Balaban J connectivity index is 2.52. The van der Waals surface area contributed by atoms with Gasteiger partial charge in [0.15, 0.2) is 0 Å². The molecule has 1 heterocycles. The highest BCUT2D eigenvalue weighted by molar-refractivity contribution is 6.32. The third kappa shape index (κ3) is 1.83. The molecule has 1 aromatic carbocycles. The Kier molecular flexibility index (Phi) is 3.15. The molecule has 1 aliphatic heterocycles. The number of rotatable bonds is 3. The SMILES string of the molecule is COc1cc(C)c(C2(C(C)=O)COC2)cc1Cl. The molecule has 92 valence electrons. The molecule has 0 saturated carbocycles. The minimum absolute atomic E-state index is 0.119. The Morgan fingerprint density at radius 3 is 2.53 bits per heavy atom. The lowest BCUT2D eigenvalue weighted by Crippen LogP contribution is -2.52. The Bertz CT molecular complexity index is 464. The van der Waals surface area contributed by atoms with Crippen LogP contribution in [0.1, 0.15) is 18.1 Å². The second-order valence-electron chi connectivity index (χ2n) is 4.43. The van der Waals surface area contributed by atoms with Gasteiger partial charge in [-0.05, 0) is 37.1 Å². The lowest BCUT2D eigenvalue weighted by Gasteiger charge is -2.40. The lowest BCUT2D eigenvalue weighted by atomic mass is 9.74. The monoisotopic (exact) mass is 254 g/mol. The number of benzene rings is 1. The smallest absolute Gasteiger partial charge is 0.145 e. The Morgan fingerprint density at radius 1 is 1.47 bits per heavy atom. The van der Waals surface area contributed by atoms with Gasteiger partial charge in [-0.25, -0.2) is 0 Å². The molecule has 17 heavy (non-hydrogen) atoms. The van der Waals surface area contributed by atoms with Gasteiger partial charge in [-0.15, -0.1) is 0 Å². The highest BCUT2D eigenvalue weighted by Crippen LogP contribution is 2.39. The summed E-state index contributed by atoms with van der Waals surface area (Å²) in [4.78, 5) is 11.8. The van der Waals surface area contributed by atoms with Crippen LogP contribution >= 0.6 is 11.6 Å². The Hall–Kier alpha value is -1.06. The molecule has 1 aromatic rings. The summed E-state index contributed by atoms with van der Waals surface area (Å²) in [5, 5.41) is 0.528. The summed E-state index contributed by atoms with van der Waals surface area (Å²) in [5.41, 5.74) is 1.44. The van der Waals surface area contributed by atoms with Crippen molar-refractivity contribution in [2.24, 2.45) is 0 Å². The second-order valence-corrected chi connectivity index (χ2v) is 4.84. The van der Waals surface area contributed by atoms with Gasteiger partial charge in [0, 0.05) is 0 Å². The molecular formula is C13H15ClO3. The number of carbonyl (C=O) groups is 1. The zero-order chi connectivity index (χ0) is 12.6. The third-order valence-corrected chi connectivity index (χ3v) is 3.68. The zero-order valence-corrected chi connectivity index (χ0v) is 10.9. The molecule has 0 aliphatic carbocycles. The van der Waals surface area contributed by atoms with Gasteiger partial charge in [0.25, 0.3) is 0 Å². The quantitative estimate of drug-likeness (QED) is 0.832. The van der Waals surface area contributed by atoms with Gasteiger partial charge in [-0.3, -0.25) is 4.79 Å². The van der Waals surface area contributed by atoms with Crippen LogP contribution in [0.15, 0.2) is 12.1 Å². The summed E-state index contributed by atoms with van der Waals surface area (Å²) in [6.07, 6.45) is 0. The van der Waals surface area contributed by atoms with Crippen LogP contribution in [0.3, 0.4) is 0 Å². The zero-order valence-electron chi connectivity index (χ0n) is 10.2. The minimum Gasteiger partial charge on any atom is -0.495 e. The van der Waals surface area contributed by atoms with Crippen molar-refractivity contribution in [2.75, 3.05) is 20.3 Å². The van der Waals surface area contributed by atoms with Crippen LogP contribution in [-0.4, -0.2) is 26.1 Å². The third-order valence-electron chi connectivity index (χ3n) is 3.39.